The van der Waals surface area contributed by atoms with Crippen LogP contribution in [0, 0.1) is 58.7 Å². The van der Waals surface area contributed by atoms with Crippen molar-refractivity contribution in [3.63, 3.8) is 0 Å². The van der Waals surface area contributed by atoms with Gasteiger partial charge in [0.25, 0.3) is 0 Å². The van der Waals surface area contributed by atoms with E-state index in [4.69, 9.17) is 0 Å². The molecule has 4 fully saturated rings. The molecular weight excluding hydrogens is 589 g/mol. The van der Waals surface area contributed by atoms with Gasteiger partial charge < -0.3 is 0 Å². The van der Waals surface area contributed by atoms with Gasteiger partial charge in [-0.05, 0) is 160 Å². The van der Waals surface area contributed by atoms with Crippen molar-refractivity contribution in [1.29, 1.82) is 0 Å². The largest absolute Gasteiger partial charge is 0.0622 e. The smallest absolute Gasteiger partial charge is 0.0128 e. The van der Waals surface area contributed by atoms with Crippen LogP contribution in [0.2, 0.25) is 0 Å². The summed E-state index contributed by atoms with van der Waals surface area (Å²) in [4.78, 5) is 0. The molecule has 0 saturated heterocycles. The van der Waals surface area contributed by atoms with Crippen molar-refractivity contribution in [2.45, 2.75) is 176 Å². The van der Waals surface area contributed by atoms with Crippen LogP contribution in [0.5, 0.6) is 0 Å². The highest BCUT2D eigenvalue weighted by molar-refractivity contribution is 5.40. The Morgan fingerprint density at radius 2 is 1.00 bits per heavy atom. The van der Waals surface area contributed by atoms with Gasteiger partial charge in [0.2, 0.25) is 0 Å². The van der Waals surface area contributed by atoms with Crippen molar-refractivity contribution in [3.05, 3.63) is 70.3 Å². The Labute approximate surface area is 304 Å². The average molecular weight is 665 g/mol. The van der Waals surface area contributed by atoms with E-state index in [9.17, 15) is 0 Å². The molecule has 0 amide bonds. The molecule has 11 atom stereocenters. The van der Waals surface area contributed by atoms with Gasteiger partial charge in [-0.1, -0.05) is 146 Å². The van der Waals surface area contributed by atoms with Crippen molar-refractivity contribution >= 4 is 0 Å². The van der Waals surface area contributed by atoms with Crippen LogP contribution in [0.25, 0.3) is 0 Å². The third kappa shape index (κ3) is 7.52. The first-order valence-corrected chi connectivity index (χ1v) is 20.9. The normalized spacial score (nSPS) is 35.7. The van der Waals surface area contributed by atoms with Crippen LogP contribution >= 0.6 is 0 Å². The number of benzene rings is 2. The summed E-state index contributed by atoms with van der Waals surface area (Å²) >= 11 is 0. The van der Waals surface area contributed by atoms with Gasteiger partial charge in [0.05, 0.1) is 0 Å². The maximum absolute atomic E-state index is 2.68. The van der Waals surface area contributed by atoms with E-state index in [2.05, 4.69) is 139 Å². The average Bonchev–Trinajstić information content (AvgIpc) is 3.49. The van der Waals surface area contributed by atoms with E-state index in [1.165, 1.54) is 68.1 Å². The molecule has 0 heteroatoms. The quantitative estimate of drug-likeness (QED) is 0.305. The van der Waals surface area contributed by atoms with Crippen LogP contribution in [-0.2, 0) is 16.2 Å². The third-order valence-corrected chi connectivity index (χ3v) is 15.2. The second-order valence-electron chi connectivity index (χ2n) is 22.5. The van der Waals surface area contributed by atoms with Crippen molar-refractivity contribution in [2.24, 2.45) is 58.7 Å². The van der Waals surface area contributed by atoms with Gasteiger partial charge in [-0.2, -0.15) is 0 Å². The molecule has 6 rings (SSSR count). The van der Waals surface area contributed by atoms with Crippen molar-refractivity contribution in [2.75, 3.05) is 0 Å². The standard InChI is InChI=1S/C49H76/c1-30-22-43-38(32-18-20-34(21-19-32)46(3,4)5)16-15-17-39(43)40(30)29-41-31(2)23-44-42(27-37(28-45(41)44)49(12,13)14)33-24-35(47(6,7)8)26-36(25-33)48(9,10)11/h18-21,24-26,30-31,37-45H,15-17,22-23,27-29H2,1-14H3. The molecule has 0 bridgehead atoms. The lowest BCUT2D eigenvalue weighted by Crippen LogP contribution is -2.37. The minimum Gasteiger partial charge on any atom is -0.0622 e. The Morgan fingerprint density at radius 1 is 0.490 bits per heavy atom. The lowest BCUT2D eigenvalue weighted by molar-refractivity contribution is 0.0617. The molecule has 0 spiro atoms. The Morgan fingerprint density at radius 3 is 1.51 bits per heavy atom. The second-order valence-corrected chi connectivity index (χ2v) is 22.5. The van der Waals surface area contributed by atoms with Crippen LogP contribution in [0.3, 0.4) is 0 Å². The van der Waals surface area contributed by atoms with Gasteiger partial charge in [0.1, 0.15) is 0 Å². The fourth-order valence-electron chi connectivity index (χ4n) is 12.0. The summed E-state index contributed by atoms with van der Waals surface area (Å²) in [5, 5.41) is 0. The number of hydrogen-bond acceptors (Lipinski definition) is 0. The predicted octanol–water partition coefficient (Wildman–Crippen LogP) is 14.3. The van der Waals surface area contributed by atoms with Crippen LogP contribution in [-0.4, -0.2) is 0 Å². The molecular formula is C49H76. The molecule has 0 aromatic heterocycles. The Kier molecular flexibility index (Phi) is 9.97. The zero-order chi connectivity index (χ0) is 35.8. The van der Waals surface area contributed by atoms with E-state index in [1.54, 1.807) is 11.1 Å². The first-order chi connectivity index (χ1) is 22.6. The van der Waals surface area contributed by atoms with Crippen LogP contribution in [0.1, 0.15) is 188 Å². The molecule has 0 aliphatic heterocycles. The minimum absolute atomic E-state index is 0.167. The van der Waals surface area contributed by atoms with Gasteiger partial charge in [-0.3, -0.25) is 0 Å². The Hall–Kier alpha value is -1.56. The van der Waals surface area contributed by atoms with Crippen molar-refractivity contribution in [1.82, 2.24) is 0 Å². The zero-order valence-electron chi connectivity index (χ0n) is 34.5. The molecule has 49 heavy (non-hydrogen) atoms. The summed E-state index contributed by atoms with van der Waals surface area (Å²) < 4.78 is 0. The lowest BCUT2D eigenvalue weighted by atomic mass is 9.58. The Bertz CT molecular complexity index is 1400. The fourth-order valence-corrected chi connectivity index (χ4v) is 12.0. The van der Waals surface area contributed by atoms with Gasteiger partial charge in [-0.15, -0.1) is 0 Å². The first-order valence-electron chi connectivity index (χ1n) is 20.9. The topological polar surface area (TPSA) is 0 Å². The molecule has 0 radical (unpaired) electrons. The van der Waals surface area contributed by atoms with Crippen LogP contribution in [0.15, 0.2) is 42.5 Å². The van der Waals surface area contributed by atoms with E-state index in [0.29, 0.717) is 11.3 Å². The van der Waals surface area contributed by atoms with Crippen LogP contribution in [0.4, 0.5) is 0 Å². The monoisotopic (exact) mass is 665 g/mol. The lowest BCUT2D eigenvalue weighted by Gasteiger charge is -2.47. The number of hydrogen-bond donors (Lipinski definition) is 0. The number of rotatable bonds is 4. The molecule has 4 aliphatic rings. The van der Waals surface area contributed by atoms with E-state index in [1.807, 2.05) is 0 Å². The second kappa shape index (κ2) is 13.1. The molecule has 2 aromatic carbocycles. The van der Waals surface area contributed by atoms with E-state index in [-0.39, 0.29) is 16.2 Å². The molecule has 2 aromatic rings. The van der Waals surface area contributed by atoms with Crippen LogP contribution < -0.4 is 0 Å². The molecule has 11 unspecified atom stereocenters. The molecule has 0 heterocycles. The van der Waals surface area contributed by atoms with E-state index >= 15 is 0 Å². The van der Waals surface area contributed by atoms with Gasteiger partial charge in [0, 0.05) is 0 Å². The first kappa shape index (κ1) is 37.2. The van der Waals surface area contributed by atoms with Gasteiger partial charge in [-0.25, -0.2) is 0 Å². The molecule has 4 saturated carbocycles. The van der Waals surface area contributed by atoms with Gasteiger partial charge >= 0.3 is 0 Å². The maximum atomic E-state index is 2.68. The maximum Gasteiger partial charge on any atom is -0.0128 e. The summed E-state index contributed by atoms with van der Waals surface area (Å²) in [6.07, 6.45) is 11.5. The third-order valence-electron chi connectivity index (χ3n) is 15.2. The summed E-state index contributed by atoms with van der Waals surface area (Å²) in [5.74, 6) is 9.32. The molecule has 0 nitrogen and oxygen atoms in total. The zero-order valence-corrected chi connectivity index (χ0v) is 34.5. The SMILES string of the molecule is CC1CC2C(c3ccc(C(C)(C)C)cc3)CCCC2C1CC1C(C)CC2C(c3cc(C(C)(C)C)cc(C(C)(C)C)c3)CC(C(C)(C)C)CC12. The van der Waals surface area contributed by atoms with Crippen molar-refractivity contribution < 1.29 is 0 Å². The number of fused-ring (bicyclic) bond motifs is 2. The highest BCUT2D eigenvalue weighted by atomic mass is 14.6. The summed E-state index contributed by atoms with van der Waals surface area (Å²) in [7, 11) is 0. The molecule has 0 N–H and O–H groups in total. The van der Waals surface area contributed by atoms with E-state index < -0.39 is 0 Å². The molecule has 4 aliphatic carbocycles. The highest BCUT2D eigenvalue weighted by Crippen LogP contribution is 2.63. The van der Waals surface area contributed by atoms with E-state index in [0.717, 1.165) is 59.2 Å². The summed E-state index contributed by atoms with van der Waals surface area (Å²) in [6, 6.07) is 17.8. The minimum atomic E-state index is 0.167. The Balaban J connectivity index is 1.28. The summed E-state index contributed by atoms with van der Waals surface area (Å²) in [6.45, 7) is 34.5. The van der Waals surface area contributed by atoms with Crippen molar-refractivity contribution in [3.8, 4) is 0 Å². The van der Waals surface area contributed by atoms with Gasteiger partial charge in [0.15, 0.2) is 0 Å². The summed E-state index contributed by atoms with van der Waals surface area (Å²) in [5.41, 5.74) is 8.79. The predicted molar refractivity (Wildman–Crippen MR) is 214 cm³/mol. The molecule has 272 valence electrons. The fraction of sp³-hybridized carbons (Fsp3) is 0.755. The highest BCUT2D eigenvalue weighted by Gasteiger charge is 2.53.